The van der Waals surface area contributed by atoms with Crippen molar-refractivity contribution in [3.63, 3.8) is 0 Å². The number of nitrogens with one attached hydrogen (secondary N) is 1. The third-order valence-corrected chi connectivity index (χ3v) is 4.98. The third kappa shape index (κ3) is 2.30. The number of likely N-dealkylation sites (tertiary alicyclic amines) is 1. The van der Waals surface area contributed by atoms with E-state index in [0.717, 1.165) is 37.6 Å². The Hall–Kier alpha value is -1.59. The van der Waals surface area contributed by atoms with Crippen molar-refractivity contribution in [3.05, 3.63) is 34.8 Å². The van der Waals surface area contributed by atoms with Crippen LogP contribution in [0, 0.1) is 5.92 Å². The fourth-order valence-corrected chi connectivity index (χ4v) is 3.90. The Morgan fingerprint density at radius 2 is 2.14 bits per heavy atom. The van der Waals surface area contributed by atoms with E-state index in [4.69, 9.17) is 4.42 Å². The highest BCUT2D eigenvalue weighted by Crippen LogP contribution is 2.26. The molecule has 112 valence electrons. The summed E-state index contributed by atoms with van der Waals surface area (Å²) in [5.74, 6) is 0.547. The number of hydrogen-bond donors (Lipinski definition) is 1. The van der Waals surface area contributed by atoms with E-state index in [2.05, 4.69) is 10.2 Å². The summed E-state index contributed by atoms with van der Waals surface area (Å²) in [6, 6.07) is 8.30. The number of rotatable bonds is 3. The van der Waals surface area contributed by atoms with Crippen molar-refractivity contribution in [2.45, 2.75) is 25.4 Å². The van der Waals surface area contributed by atoms with Gasteiger partial charge in [-0.15, -0.1) is 0 Å². The van der Waals surface area contributed by atoms with Crippen LogP contribution in [0.25, 0.3) is 11.1 Å². The number of para-hydroxylation sites is 2. The van der Waals surface area contributed by atoms with Gasteiger partial charge in [-0.3, -0.25) is 9.47 Å². The molecule has 2 aromatic rings. The number of nitrogens with zero attached hydrogens (tertiary/aromatic N) is 2. The molecule has 1 N–H and O–H groups in total. The van der Waals surface area contributed by atoms with Gasteiger partial charge in [0.25, 0.3) is 0 Å². The summed E-state index contributed by atoms with van der Waals surface area (Å²) in [5, 5.41) is 3.50. The lowest BCUT2D eigenvalue weighted by Gasteiger charge is -2.36. The maximum Gasteiger partial charge on any atom is 0.419 e. The largest absolute Gasteiger partial charge is 0.419 e. The molecule has 2 fully saturated rings. The molecule has 0 saturated carbocycles. The van der Waals surface area contributed by atoms with Crippen LogP contribution in [0.5, 0.6) is 0 Å². The van der Waals surface area contributed by atoms with Crippen LogP contribution in [-0.2, 0) is 6.54 Å². The van der Waals surface area contributed by atoms with E-state index in [0.29, 0.717) is 18.2 Å². The Balaban J connectivity index is 1.53. The zero-order chi connectivity index (χ0) is 14.2. The first-order valence-corrected chi connectivity index (χ1v) is 7.86. The van der Waals surface area contributed by atoms with Crippen molar-refractivity contribution < 1.29 is 4.42 Å². The SMILES string of the molecule is O=c1oc2ccccc2n1CCN1CCCC2CNCC21. The van der Waals surface area contributed by atoms with Crippen molar-refractivity contribution in [2.75, 3.05) is 26.2 Å². The van der Waals surface area contributed by atoms with Gasteiger partial charge in [0.05, 0.1) is 5.52 Å². The van der Waals surface area contributed by atoms with Crippen LogP contribution in [0.3, 0.4) is 0 Å². The van der Waals surface area contributed by atoms with Gasteiger partial charge in [0.1, 0.15) is 0 Å². The fraction of sp³-hybridized carbons (Fsp3) is 0.562. The van der Waals surface area contributed by atoms with Gasteiger partial charge in [0.15, 0.2) is 5.58 Å². The first-order valence-electron chi connectivity index (χ1n) is 7.86. The molecular weight excluding hydrogens is 266 g/mol. The Morgan fingerprint density at radius 1 is 1.24 bits per heavy atom. The van der Waals surface area contributed by atoms with E-state index in [1.165, 1.54) is 12.8 Å². The second kappa shape index (κ2) is 5.31. The van der Waals surface area contributed by atoms with Crippen molar-refractivity contribution >= 4 is 11.1 Å². The van der Waals surface area contributed by atoms with Crippen molar-refractivity contribution in [3.8, 4) is 0 Å². The van der Waals surface area contributed by atoms with E-state index in [-0.39, 0.29) is 5.76 Å². The molecule has 1 aromatic carbocycles. The molecule has 2 unspecified atom stereocenters. The lowest BCUT2D eigenvalue weighted by atomic mass is 9.92. The number of benzene rings is 1. The highest BCUT2D eigenvalue weighted by molar-refractivity contribution is 5.72. The van der Waals surface area contributed by atoms with Crippen LogP contribution in [-0.4, -0.2) is 41.7 Å². The number of oxazole rings is 1. The van der Waals surface area contributed by atoms with Crippen molar-refractivity contribution in [1.29, 1.82) is 0 Å². The standard InChI is InChI=1S/C16H21N3O2/c20-16-19(13-5-1-2-6-15(13)21-16)9-8-18-7-3-4-12-10-17-11-14(12)18/h1-2,5-6,12,14,17H,3-4,7-11H2. The normalized spacial score (nSPS) is 26.3. The average molecular weight is 287 g/mol. The van der Waals surface area contributed by atoms with Gasteiger partial charge in [-0.2, -0.15) is 0 Å². The molecule has 2 aliphatic rings. The monoisotopic (exact) mass is 287 g/mol. The van der Waals surface area contributed by atoms with Crippen LogP contribution in [0.4, 0.5) is 0 Å². The van der Waals surface area contributed by atoms with Crippen LogP contribution in [0.2, 0.25) is 0 Å². The van der Waals surface area contributed by atoms with Crippen molar-refractivity contribution in [1.82, 2.24) is 14.8 Å². The fourth-order valence-electron chi connectivity index (χ4n) is 3.90. The number of fused-ring (bicyclic) bond motifs is 2. The predicted molar refractivity (Wildman–Crippen MR) is 81.4 cm³/mol. The minimum Gasteiger partial charge on any atom is -0.408 e. The summed E-state index contributed by atoms with van der Waals surface area (Å²) in [4.78, 5) is 14.5. The molecule has 4 rings (SSSR count). The summed E-state index contributed by atoms with van der Waals surface area (Å²) >= 11 is 0. The van der Waals surface area contributed by atoms with E-state index in [9.17, 15) is 4.79 Å². The second-order valence-electron chi connectivity index (χ2n) is 6.15. The summed E-state index contributed by atoms with van der Waals surface area (Å²) < 4.78 is 7.07. The molecule has 21 heavy (non-hydrogen) atoms. The van der Waals surface area contributed by atoms with Crippen LogP contribution >= 0.6 is 0 Å². The van der Waals surface area contributed by atoms with E-state index >= 15 is 0 Å². The van der Waals surface area contributed by atoms with E-state index in [1.54, 1.807) is 4.57 Å². The summed E-state index contributed by atoms with van der Waals surface area (Å²) in [6.45, 7) is 5.01. The first-order chi connectivity index (χ1) is 10.3. The summed E-state index contributed by atoms with van der Waals surface area (Å²) in [5.41, 5.74) is 1.59. The maximum atomic E-state index is 12.0. The number of aromatic nitrogens is 1. The van der Waals surface area contributed by atoms with Crippen molar-refractivity contribution in [2.24, 2.45) is 5.92 Å². The maximum absolute atomic E-state index is 12.0. The van der Waals surface area contributed by atoms with Crippen LogP contribution in [0.15, 0.2) is 33.5 Å². The molecule has 5 heteroatoms. The van der Waals surface area contributed by atoms with Crippen LogP contribution < -0.4 is 11.1 Å². The Kier molecular flexibility index (Phi) is 3.31. The minimum absolute atomic E-state index is 0.241. The van der Waals surface area contributed by atoms with E-state index in [1.807, 2.05) is 24.3 Å². The van der Waals surface area contributed by atoms with E-state index < -0.39 is 0 Å². The smallest absolute Gasteiger partial charge is 0.408 e. The summed E-state index contributed by atoms with van der Waals surface area (Å²) in [7, 11) is 0. The lowest BCUT2D eigenvalue weighted by Crippen LogP contribution is -2.46. The molecule has 2 atom stereocenters. The molecule has 5 nitrogen and oxygen atoms in total. The Morgan fingerprint density at radius 3 is 3.10 bits per heavy atom. The van der Waals surface area contributed by atoms with Gasteiger partial charge in [-0.05, 0) is 44.0 Å². The number of hydrogen-bond acceptors (Lipinski definition) is 4. The van der Waals surface area contributed by atoms with Gasteiger partial charge in [-0.1, -0.05) is 12.1 Å². The molecule has 0 aliphatic carbocycles. The highest BCUT2D eigenvalue weighted by atomic mass is 16.4. The topological polar surface area (TPSA) is 50.4 Å². The molecule has 2 saturated heterocycles. The molecule has 2 aliphatic heterocycles. The second-order valence-corrected chi connectivity index (χ2v) is 6.15. The van der Waals surface area contributed by atoms with Crippen LogP contribution in [0.1, 0.15) is 12.8 Å². The predicted octanol–water partition coefficient (Wildman–Crippen LogP) is 1.28. The zero-order valence-corrected chi connectivity index (χ0v) is 12.1. The quantitative estimate of drug-likeness (QED) is 0.924. The Bertz CT molecular complexity index is 690. The minimum atomic E-state index is -0.241. The average Bonchev–Trinajstić information content (AvgIpc) is 3.09. The van der Waals surface area contributed by atoms with Gasteiger partial charge < -0.3 is 9.73 Å². The van der Waals surface area contributed by atoms with Gasteiger partial charge in [-0.25, -0.2) is 4.79 Å². The molecule has 1 aromatic heterocycles. The molecule has 3 heterocycles. The number of piperidine rings is 1. The van der Waals surface area contributed by atoms with Gasteiger partial charge in [0, 0.05) is 25.7 Å². The summed E-state index contributed by atoms with van der Waals surface area (Å²) in [6.07, 6.45) is 2.60. The molecule has 0 amide bonds. The van der Waals surface area contributed by atoms with Gasteiger partial charge >= 0.3 is 5.76 Å². The van der Waals surface area contributed by atoms with Gasteiger partial charge in [0.2, 0.25) is 0 Å². The highest BCUT2D eigenvalue weighted by Gasteiger charge is 2.34. The Labute approximate surface area is 123 Å². The third-order valence-electron chi connectivity index (χ3n) is 4.98. The zero-order valence-electron chi connectivity index (χ0n) is 12.1. The molecule has 0 spiro atoms. The lowest BCUT2D eigenvalue weighted by molar-refractivity contribution is 0.120. The molecule has 0 bridgehead atoms. The molecular formula is C16H21N3O2. The molecule has 0 radical (unpaired) electrons. The first kappa shape index (κ1) is 13.1.